The number of fused-ring (bicyclic) bond motifs is 1. The zero-order valence-corrected chi connectivity index (χ0v) is 11.3. The number of alkyl halides is 2. The number of oxazole rings is 1. The number of aromatic nitrogens is 1. The summed E-state index contributed by atoms with van der Waals surface area (Å²) in [7, 11) is 0. The summed E-state index contributed by atoms with van der Waals surface area (Å²) in [6, 6.07) is 7.66. The number of carbonyl (C=O) groups excluding carboxylic acids is 1. The number of carbonyl (C=O) groups is 1. The minimum absolute atomic E-state index is 0.0871. The number of rotatable bonds is 4. The predicted octanol–water partition coefficient (Wildman–Crippen LogP) is 3.48. The molecule has 0 fully saturated rings. The summed E-state index contributed by atoms with van der Waals surface area (Å²) < 4.78 is 36.0. The molecule has 0 aliphatic heterocycles. The number of hydrogen-bond donors (Lipinski definition) is 0. The average molecular weight is 293 g/mol. The summed E-state index contributed by atoms with van der Waals surface area (Å²) in [5.41, 5.74) is 1.49. The van der Waals surface area contributed by atoms with Crippen molar-refractivity contribution in [2.45, 2.75) is 25.7 Å². The fourth-order valence-electron chi connectivity index (χ4n) is 2.47. The van der Waals surface area contributed by atoms with Crippen LogP contribution in [-0.4, -0.2) is 17.6 Å². The van der Waals surface area contributed by atoms with Crippen LogP contribution in [0.4, 0.5) is 8.78 Å². The first-order valence-electron chi connectivity index (χ1n) is 6.65. The van der Waals surface area contributed by atoms with Gasteiger partial charge in [0.25, 0.3) is 6.43 Å². The van der Waals surface area contributed by atoms with Gasteiger partial charge in [-0.15, -0.1) is 0 Å². The zero-order chi connectivity index (χ0) is 15.0. The summed E-state index contributed by atoms with van der Waals surface area (Å²) >= 11 is 0. The molecule has 1 aliphatic rings. The molecule has 0 spiro atoms. The van der Waals surface area contributed by atoms with Gasteiger partial charge in [-0.25, -0.2) is 18.6 Å². The molecule has 4 nitrogen and oxygen atoms in total. The number of nitrogens with zero attached hydrogens (tertiary/aromatic N) is 1. The summed E-state index contributed by atoms with van der Waals surface area (Å²) in [5, 5.41) is 0. The fraction of sp³-hybridized carbons (Fsp3) is 0.333. The Balaban J connectivity index is 1.95. The van der Waals surface area contributed by atoms with Crippen molar-refractivity contribution in [1.29, 1.82) is 0 Å². The zero-order valence-electron chi connectivity index (χ0n) is 11.3. The van der Waals surface area contributed by atoms with E-state index in [1.54, 1.807) is 6.92 Å². The third-order valence-electron chi connectivity index (χ3n) is 3.49. The van der Waals surface area contributed by atoms with Crippen molar-refractivity contribution in [2.75, 3.05) is 6.61 Å². The number of benzene rings is 1. The van der Waals surface area contributed by atoms with Gasteiger partial charge in [-0.05, 0) is 24.5 Å². The van der Waals surface area contributed by atoms with Crippen LogP contribution in [0.5, 0.6) is 0 Å². The Morgan fingerprint density at radius 2 is 2.24 bits per heavy atom. The molecule has 1 aliphatic carbocycles. The highest BCUT2D eigenvalue weighted by Gasteiger charge is 2.35. The lowest BCUT2D eigenvalue weighted by atomic mass is 9.77. The lowest BCUT2D eigenvalue weighted by Gasteiger charge is -2.27. The second-order valence-corrected chi connectivity index (χ2v) is 4.74. The van der Waals surface area contributed by atoms with Crippen LogP contribution in [0.3, 0.4) is 0 Å². The highest BCUT2D eigenvalue weighted by molar-refractivity contribution is 5.87. The molecule has 1 aromatic carbocycles. The summed E-state index contributed by atoms with van der Waals surface area (Å²) in [4.78, 5) is 15.5. The van der Waals surface area contributed by atoms with Crippen molar-refractivity contribution >= 4 is 5.97 Å². The summed E-state index contributed by atoms with van der Waals surface area (Å²) in [5.74, 6) is -1.43. The maximum atomic E-state index is 13.0. The second kappa shape index (κ2) is 5.27. The van der Waals surface area contributed by atoms with E-state index in [1.807, 2.05) is 24.3 Å². The van der Waals surface area contributed by atoms with Gasteiger partial charge in [-0.3, -0.25) is 0 Å². The minimum Gasteiger partial charge on any atom is -0.460 e. The molecule has 1 unspecified atom stereocenters. The Hall–Kier alpha value is -2.24. The van der Waals surface area contributed by atoms with Crippen molar-refractivity contribution in [3.63, 3.8) is 0 Å². The highest BCUT2D eigenvalue weighted by atomic mass is 19.3. The molecule has 0 saturated carbocycles. The van der Waals surface area contributed by atoms with E-state index >= 15 is 0 Å². The number of hydrogen-bond acceptors (Lipinski definition) is 4. The number of halogens is 2. The van der Waals surface area contributed by atoms with Crippen LogP contribution in [-0.2, 0) is 11.2 Å². The molecule has 21 heavy (non-hydrogen) atoms. The molecule has 2 aromatic rings. The van der Waals surface area contributed by atoms with Gasteiger partial charge in [0.15, 0.2) is 5.69 Å². The molecule has 3 rings (SSSR count). The molecule has 0 radical (unpaired) electrons. The molecule has 0 N–H and O–H groups in total. The molecule has 1 aromatic heterocycles. The first-order chi connectivity index (χ1) is 10.1. The highest BCUT2D eigenvalue weighted by Crippen LogP contribution is 2.40. The van der Waals surface area contributed by atoms with Crippen LogP contribution in [0.25, 0.3) is 0 Å². The Labute approximate surface area is 119 Å². The topological polar surface area (TPSA) is 52.3 Å². The van der Waals surface area contributed by atoms with E-state index in [9.17, 15) is 13.6 Å². The van der Waals surface area contributed by atoms with Crippen LogP contribution >= 0.6 is 0 Å². The molecule has 0 saturated heterocycles. The van der Waals surface area contributed by atoms with Crippen LogP contribution in [0.1, 0.15) is 52.5 Å². The maximum Gasteiger partial charge on any atom is 0.376 e. The van der Waals surface area contributed by atoms with Gasteiger partial charge in [-0.1, -0.05) is 24.3 Å². The van der Waals surface area contributed by atoms with Crippen LogP contribution in [0.15, 0.2) is 28.7 Å². The maximum absolute atomic E-state index is 13.0. The van der Waals surface area contributed by atoms with E-state index in [0.717, 1.165) is 11.1 Å². The van der Waals surface area contributed by atoms with Crippen LogP contribution < -0.4 is 0 Å². The minimum atomic E-state index is -2.88. The third kappa shape index (κ3) is 2.30. The van der Waals surface area contributed by atoms with Gasteiger partial charge in [0.1, 0.15) is 0 Å². The van der Waals surface area contributed by atoms with Crippen molar-refractivity contribution in [1.82, 2.24) is 4.98 Å². The molecular formula is C15H13F2NO3. The van der Waals surface area contributed by atoms with Crippen molar-refractivity contribution in [3.8, 4) is 0 Å². The van der Waals surface area contributed by atoms with Crippen molar-refractivity contribution in [3.05, 3.63) is 52.7 Å². The summed E-state index contributed by atoms with van der Waals surface area (Å²) in [6.07, 6.45) is -2.21. The normalized spacial score (nSPS) is 16.5. The van der Waals surface area contributed by atoms with Gasteiger partial charge in [-0.2, -0.15) is 0 Å². The van der Waals surface area contributed by atoms with E-state index in [2.05, 4.69) is 4.98 Å². The molecule has 6 heteroatoms. The van der Waals surface area contributed by atoms with E-state index in [4.69, 9.17) is 9.15 Å². The number of ether oxygens (including phenoxy) is 1. The quantitative estimate of drug-likeness (QED) is 0.810. The lowest BCUT2D eigenvalue weighted by molar-refractivity contribution is 0.0473. The van der Waals surface area contributed by atoms with Gasteiger partial charge >= 0.3 is 5.97 Å². The van der Waals surface area contributed by atoms with Gasteiger partial charge in [0, 0.05) is 0 Å². The van der Waals surface area contributed by atoms with E-state index in [0.29, 0.717) is 6.42 Å². The SMILES string of the molecule is CCOC(=O)c1oc(C2Cc3ccccc32)nc1C(F)F. The molecular weight excluding hydrogens is 280 g/mol. The molecule has 0 amide bonds. The third-order valence-corrected chi connectivity index (χ3v) is 3.49. The van der Waals surface area contributed by atoms with Crippen molar-refractivity contribution in [2.24, 2.45) is 0 Å². The largest absolute Gasteiger partial charge is 0.460 e. The van der Waals surface area contributed by atoms with Crippen LogP contribution in [0, 0.1) is 0 Å². The van der Waals surface area contributed by atoms with E-state index in [1.165, 1.54) is 0 Å². The van der Waals surface area contributed by atoms with E-state index in [-0.39, 0.29) is 18.4 Å². The first kappa shape index (κ1) is 13.7. The Bertz CT molecular complexity index is 681. The first-order valence-corrected chi connectivity index (χ1v) is 6.65. The molecule has 0 bridgehead atoms. The van der Waals surface area contributed by atoms with Gasteiger partial charge in [0.2, 0.25) is 11.7 Å². The van der Waals surface area contributed by atoms with Gasteiger partial charge in [0.05, 0.1) is 12.5 Å². The Kier molecular flexibility index (Phi) is 3.45. The van der Waals surface area contributed by atoms with Crippen molar-refractivity contribution < 1.29 is 22.7 Å². The molecule has 110 valence electrons. The fourth-order valence-corrected chi connectivity index (χ4v) is 2.47. The molecule has 1 atom stereocenters. The average Bonchev–Trinajstić information content (AvgIpc) is 2.85. The van der Waals surface area contributed by atoms with Gasteiger partial charge < -0.3 is 9.15 Å². The standard InChI is InChI=1S/C15H13F2NO3/c1-2-20-15(19)12-11(13(16)17)18-14(21-12)10-7-8-5-3-4-6-9(8)10/h3-6,10,13H,2,7H2,1H3. The van der Waals surface area contributed by atoms with Crippen LogP contribution in [0.2, 0.25) is 0 Å². The predicted molar refractivity (Wildman–Crippen MR) is 69.4 cm³/mol. The Morgan fingerprint density at radius 3 is 2.90 bits per heavy atom. The van der Waals surface area contributed by atoms with E-state index < -0.39 is 23.8 Å². The summed E-state index contributed by atoms with van der Waals surface area (Å²) in [6.45, 7) is 1.68. The monoisotopic (exact) mass is 293 g/mol. The smallest absolute Gasteiger partial charge is 0.376 e. The Morgan fingerprint density at radius 1 is 1.48 bits per heavy atom. The number of esters is 1. The molecule has 1 heterocycles. The second-order valence-electron chi connectivity index (χ2n) is 4.74. The lowest BCUT2D eigenvalue weighted by Crippen LogP contribution is -2.18.